The second kappa shape index (κ2) is 5.19. The summed E-state index contributed by atoms with van der Waals surface area (Å²) < 4.78 is 0. The van der Waals surface area contributed by atoms with E-state index in [1.807, 2.05) is 0 Å². The predicted molar refractivity (Wildman–Crippen MR) is 66.3 cm³/mol. The molecule has 0 nitrogen and oxygen atoms in total. The Bertz CT molecular complexity index is 235. The molecular formula is C14H24. The minimum absolute atomic E-state index is 0.159. The normalized spacial score (nSPS) is 14.4. The van der Waals surface area contributed by atoms with Crippen molar-refractivity contribution in [2.24, 2.45) is 11.3 Å². The van der Waals surface area contributed by atoms with Crippen molar-refractivity contribution in [2.75, 3.05) is 0 Å². The van der Waals surface area contributed by atoms with Gasteiger partial charge in [-0.05, 0) is 23.3 Å². The Morgan fingerprint density at radius 2 is 1.71 bits per heavy atom. The molecule has 0 amide bonds. The summed E-state index contributed by atoms with van der Waals surface area (Å²) in [5, 5.41) is 0. The molecule has 0 N–H and O–H groups in total. The van der Waals surface area contributed by atoms with Gasteiger partial charge in [0.05, 0.1) is 0 Å². The minimum atomic E-state index is 0.159. The first kappa shape index (κ1) is 13.2. The van der Waals surface area contributed by atoms with E-state index in [1.54, 1.807) is 0 Å². The largest absolute Gasteiger partial charge is 0.0956 e. The highest BCUT2D eigenvalue weighted by Gasteiger charge is 2.11. The van der Waals surface area contributed by atoms with Gasteiger partial charge in [0.2, 0.25) is 0 Å². The molecule has 0 spiro atoms. The summed E-state index contributed by atoms with van der Waals surface area (Å²) in [7, 11) is 0. The molecule has 0 saturated carbocycles. The maximum absolute atomic E-state index is 4.06. The number of hydrogen-bond donors (Lipinski definition) is 0. The van der Waals surface area contributed by atoms with Crippen LogP contribution in [0.1, 0.15) is 41.0 Å². The average molecular weight is 192 g/mol. The van der Waals surface area contributed by atoms with E-state index in [1.165, 1.54) is 5.57 Å². The van der Waals surface area contributed by atoms with Gasteiger partial charge in [0, 0.05) is 0 Å². The molecule has 0 bridgehead atoms. The molecule has 0 aliphatic carbocycles. The Labute approximate surface area is 89.4 Å². The molecule has 14 heavy (non-hydrogen) atoms. The Hall–Kier alpha value is -0.780. The fourth-order valence-electron chi connectivity index (χ4n) is 0.884. The standard InChI is InChI=1S/C14H24/c1-8-11(2)12(3)9-10-13(4)14(5,6)7/h9-11H,3-4,8H2,1-2,5-7H3/b10-9-. The van der Waals surface area contributed by atoms with E-state index in [2.05, 4.69) is 59.9 Å². The van der Waals surface area contributed by atoms with Crippen molar-refractivity contribution in [1.29, 1.82) is 0 Å². The zero-order valence-corrected chi connectivity index (χ0v) is 10.4. The summed E-state index contributed by atoms with van der Waals surface area (Å²) in [5.41, 5.74) is 2.51. The lowest BCUT2D eigenvalue weighted by molar-refractivity contribution is 0.519. The molecule has 1 atom stereocenters. The van der Waals surface area contributed by atoms with Crippen LogP contribution >= 0.6 is 0 Å². The first-order chi connectivity index (χ1) is 6.29. The first-order valence-corrected chi connectivity index (χ1v) is 5.35. The third kappa shape index (κ3) is 4.45. The van der Waals surface area contributed by atoms with Crippen LogP contribution in [0.25, 0.3) is 0 Å². The average Bonchev–Trinajstić information content (AvgIpc) is 2.10. The second-order valence-electron chi connectivity index (χ2n) is 4.99. The molecule has 80 valence electrons. The highest BCUT2D eigenvalue weighted by Crippen LogP contribution is 2.25. The van der Waals surface area contributed by atoms with Crippen molar-refractivity contribution in [1.82, 2.24) is 0 Å². The molecule has 0 aromatic carbocycles. The van der Waals surface area contributed by atoms with E-state index in [0.717, 1.165) is 12.0 Å². The van der Waals surface area contributed by atoms with Gasteiger partial charge < -0.3 is 0 Å². The van der Waals surface area contributed by atoms with Crippen LogP contribution in [0.3, 0.4) is 0 Å². The van der Waals surface area contributed by atoms with E-state index < -0.39 is 0 Å². The minimum Gasteiger partial charge on any atom is -0.0956 e. The van der Waals surface area contributed by atoms with Gasteiger partial charge in [0.1, 0.15) is 0 Å². The molecule has 0 saturated heterocycles. The van der Waals surface area contributed by atoms with Gasteiger partial charge >= 0.3 is 0 Å². The monoisotopic (exact) mass is 192 g/mol. The van der Waals surface area contributed by atoms with Gasteiger partial charge in [0.25, 0.3) is 0 Å². The Balaban J connectivity index is 4.33. The molecule has 0 heteroatoms. The van der Waals surface area contributed by atoms with Crippen LogP contribution in [-0.2, 0) is 0 Å². The lowest BCUT2D eigenvalue weighted by Gasteiger charge is -2.19. The van der Waals surface area contributed by atoms with Crippen LogP contribution in [-0.4, -0.2) is 0 Å². The maximum Gasteiger partial charge on any atom is -0.0138 e. The molecule has 0 aliphatic heterocycles. The summed E-state index contributed by atoms with van der Waals surface area (Å²) in [6.07, 6.45) is 5.33. The number of hydrogen-bond acceptors (Lipinski definition) is 0. The zero-order chi connectivity index (χ0) is 11.4. The first-order valence-electron chi connectivity index (χ1n) is 5.35. The highest BCUT2D eigenvalue weighted by atomic mass is 14.2. The van der Waals surface area contributed by atoms with Crippen molar-refractivity contribution in [2.45, 2.75) is 41.0 Å². The Morgan fingerprint density at radius 3 is 2.07 bits per heavy atom. The van der Waals surface area contributed by atoms with Crippen LogP contribution < -0.4 is 0 Å². The second-order valence-corrected chi connectivity index (χ2v) is 4.99. The van der Waals surface area contributed by atoms with E-state index in [4.69, 9.17) is 0 Å². The number of allylic oxidation sites excluding steroid dienone is 4. The molecule has 0 heterocycles. The highest BCUT2D eigenvalue weighted by molar-refractivity contribution is 5.28. The third-order valence-electron chi connectivity index (χ3n) is 2.71. The van der Waals surface area contributed by atoms with E-state index in [0.29, 0.717) is 5.92 Å². The van der Waals surface area contributed by atoms with Crippen molar-refractivity contribution >= 4 is 0 Å². The van der Waals surface area contributed by atoms with E-state index >= 15 is 0 Å². The van der Waals surface area contributed by atoms with Crippen LogP contribution in [0.5, 0.6) is 0 Å². The molecule has 0 aromatic heterocycles. The van der Waals surface area contributed by atoms with Crippen LogP contribution in [0.15, 0.2) is 36.5 Å². The molecule has 0 fully saturated rings. The summed E-state index contributed by atoms with van der Waals surface area (Å²) in [6.45, 7) is 19.0. The van der Waals surface area contributed by atoms with Gasteiger partial charge in [-0.15, -0.1) is 0 Å². The van der Waals surface area contributed by atoms with Gasteiger partial charge in [-0.25, -0.2) is 0 Å². The van der Waals surface area contributed by atoms with Gasteiger partial charge in [-0.3, -0.25) is 0 Å². The van der Waals surface area contributed by atoms with Gasteiger partial charge in [0.15, 0.2) is 0 Å². The quantitative estimate of drug-likeness (QED) is 0.564. The fourth-order valence-corrected chi connectivity index (χ4v) is 0.884. The summed E-state index contributed by atoms with van der Waals surface area (Å²) in [4.78, 5) is 0. The van der Waals surface area contributed by atoms with Crippen molar-refractivity contribution in [3.05, 3.63) is 36.5 Å². The van der Waals surface area contributed by atoms with Crippen molar-refractivity contribution in [3.8, 4) is 0 Å². The summed E-state index contributed by atoms with van der Waals surface area (Å²) in [6, 6.07) is 0. The number of rotatable bonds is 4. The van der Waals surface area contributed by atoms with Crippen LogP contribution in [0.2, 0.25) is 0 Å². The van der Waals surface area contributed by atoms with Crippen molar-refractivity contribution < 1.29 is 0 Å². The molecule has 0 rings (SSSR count). The molecular weight excluding hydrogens is 168 g/mol. The fraction of sp³-hybridized carbons (Fsp3) is 0.571. The van der Waals surface area contributed by atoms with Crippen molar-refractivity contribution in [3.63, 3.8) is 0 Å². The van der Waals surface area contributed by atoms with Crippen LogP contribution in [0, 0.1) is 11.3 Å². The van der Waals surface area contributed by atoms with Crippen LogP contribution in [0.4, 0.5) is 0 Å². The molecule has 0 aliphatic rings. The topological polar surface area (TPSA) is 0 Å². The SMILES string of the molecule is C=C(/C=C\C(=C)C(C)(C)C)C(C)CC. The van der Waals surface area contributed by atoms with E-state index in [9.17, 15) is 0 Å². The van der Waals surface area contributed by atoms with Gasteiger partial charge in [-0.2, -0.15) is 0 Å². The lowest BCUT2D eigenvalue weighted by atomic mass is 9.86. The summed E-state index contributed by atoms with van der Waals surface area (Å²) >= 11 is 0. The molecule has 1 unspecified atom stereocenters. The molecule has 0 aromatic rings. The lowest BCUT2D eigenvalue weighted by Crippen LogP contribution is -2.06. The van der Waals surface area contributed by atoms with Gasteiger partial charge in [-0.1, -0.05) is 65.5 Å². The Kier molecular flexibility index (Phi) is 4.90. The molecule has 0 radical (unpaired) electrons. The van der Waals surface area contributed by atoms with E-state index in [-0.39, 0.29) is 5.41 Å². The maximum atomic E-state index is 4.06. The predicted octanol–water partition coefficient (Wildman–Crippen LogP) is 4.75. The zero-order valence-electron chi connectivity index (χ0n) is 10.4. The smallest absolute Gasteiger partial charge is 0.0138 e. The Morgan fingerprint density at radius 1 is 1.21 bits per heavy atom. The third-order valence-corrected chi connectivity index (χ3v) is 2.71. The summed E-state index contributed by atoms with van der Waals surface area (Å²) in [5.74, 6) is 0.569.